The van der Waals surface area contributed by atoms with Gasteiger partial charge in [0.05, 0.1) is 19.2 Å². The van der Waals surface area contributed by atoms with Gasteiger partial charge in [-0.1, -0.05) is 38.1 Å². The molecule has 222 valence electrons. The number of carbonyl (C=O) groups excluding carboxylic acids is 4. The molecular weight excluding hydrogens is 524 g/mol. The van der Waals surface area contributed by atoms with Crippen molar-refractivity contribution in [1.29, 1.82) is 0 Å². The number of amides is 4. The maximum Gasteiger partial charge on any atom is 0.255 e. The number of fused-ring (bicyclic) bond motifs is 1. The number of likely N-dealkylation sites (N-methyl/N-ethyl adjacent to an activating group) is 1. The van der Waals surface area contributed by atoms with E-state index in [4.69, 9.17) is 9.47 Å². The van der Waals surface area contributed by atoms with E-state index >= 15 is 0 Å². The van der Waals surface area contributed by atoms with Crippen LogP contribution in [0.25, 0.3) is 0 Å². The molecule has 3 N–H and O–H groups in total. The number of nitrogens with zero attached hydrogens (tertiary/aromatic N) is 1. The molecule has 1 heterocycles. The van der Waals surface area contributed by atoms with E-state index in [2.05, 4.69) is 16.0 Å². The van der Waals surface area contributed by atoms with Gasteiger partial charge in [0, 0.05) is 20.0 Å². The van der Waals surface area contributed by atoms with Crippen molar-refractivity contribution >= 4 is 23.6 Å². The maximum absolute atomic E-state index is 13.3. The first-order valence-corrected chi connectivity index (χ1v) is 14.2. The summed E-state index contributed by atoms with van der Waals surface area (Å²) < 4.78 is 11.1. The highest BCUT2D eigenvalue weighted by Gasteiger charge is 2.28. The summed E-state index contributed by atoms with van der Waals surface area (Å²) in [6.07, 6.45) is 1.93. The van der Waals surface area contributed by atoms with Crippen molar-refractivity contribution in [2.75, 3.05) is 33.9 Å². The first-order valence-electron chi connectivity index (χ1n) is 14.2. The largest absolute Gasteiger partial charge is 0.497 e. The lowest BCUT2D eigenvalue weighted by Crippen LogP contribution is -2.50. The van der Waals surface area contributed by atoms with Gasteiger partial charge in [-0.2, -0.15) is 0 Å². The molecule has 0 spiro atoms. The fraction of sp³-hybridized carbons (Fsp3) is 0.484. The van der Waals surface area contributed by atoms with Crippen molar-refractivity contribution in [3.05, 3.63) is 59.7 Å². The van der Waals surface area contributed by atoms with Crippen molar-refractivity contribution < 1.29 is 28.7 Å². The molecule has 41 heavy (non-hydrogen) atoms. The van der Waals surface area contributed by atoms with Crippen molar-refractivity contribution in [2.45, 2.75) is 58.0 Å². The van der Waals surface area contributed by atoms with Gasteiger partial charge in [0.2, 0.25) is 17.7 Å². The van der Waals surface area contributed by atoms with Gasteiger partial charge in [-0.3, -0.25) is 19.2 Å². The number of hydrogen-bond donors (Lipinski definition) is 3. The molecule has 0 saturated heterocycles. The number of carbonyl (C=O) groups is 4. The first kappa shape index (κ1) is 31.4. The lowest BCUT2D eigenvalue weighted by Gasteiger charge is -2.26. The molecule has 0 fully saturated rings. The highest BCUT2D eigenvalue weighted by molar-refractivity contribution is 5.99. The van der Waals surface area contributed by atoms with E-state index in [1.165, 1.54) is 4.90 Å². The summed E-state index contributed by atoms with van der Waals surface area (Å²) in [5.74, 6) is -0.115. The monoisotopic (exact) mass is 566 g/mol. The zero-order valence-electron chi connectivity index (χ0n) is 24.4. The minimum Gasteiger partial charge on any atom is -0.497 e. The van der Waals surface area contributed by atoms with E-state index in [0.717, 1.165) is 17.7 Å². The average molecular weight is 567 g/mol. The molecule has 2 aromatic rings. The molecule has 4 amide bonds. The van der Waals surface area contributed by atoms with Gasteiger partial charge in [-0.15, -0.1) is 0 Å². The molecule has 0 radical (unpaired) electrons. The van der Waals surface area contributed by atoms with Crippen LogP contribution in [0, 0.1) is 5.92 Å². The van der Waals surface area contributed by atoms with E-state index in [1.807, 2.05) is 38.1 Å². The van der Waals surface area contributed by atoms with Crippen LogP contribution in [0.2, 0.25) is 0 Å². The highest BCUT2D eigenvalue weighted by atomic mass is 16.5. The number of para-hydroxylation sites is 1. The molecular formula is C31H42N4O6. The Balaban J connectivity index is 1.73. The molecule has 2 atom stereocenters. The van der Waals surface area contributed by atoms with Crippen LogP contribution in [0.15, 0.2) is 48.5 Å². The summed E-state index contributed by atoms with van der Waals surface area (Å²) >= 11 is 0. The van der Waals surface area contributed by atoms with Crippen LogP contribution in [0.3, 0.4) is 0 Å². The minimum atomic E-state index is -0.954. The van der Waals surface area contributed by atoms with Crippen LogP contribution in [-0.4, -0.2) is 74.5 Å². The van der Waals surface area contributed by atoms with Crippen LogP contribution >= 0.6 is 0 Å². The van der Waals surface area contributed by atoms with Crippen LogP contribution in [-0.2, 0) is 20.8 Å². The van der Waals surface area contributed by atoms with Gasteiger partial charge in [-0.05, 0) is 61.4 Å². The molecule has 1 aliphatic rings. The second kappa shape index (κ2) is 15.6. The van der Waals surface area contributed by atoms with Crippen LogP contribution in [0.5, 0.6) is 11.5 Å². The van der Waals surface area contributed by atoms with Gasteiger partial charge < -0.3 is 30.3 Å². The predicted octanol–water partition coefficient (Wildman–Crippen LogP) is 2.70. The third-order valence-electron chi connectivity index (χ3n) is 6.89. The molecule has 10 heteroatoms. The number of ether oxygens (including phenoxy) is 2. The Morgan fingerprint density at radius 3 is 2.66 bits per heavy atom. The highest BCUT2D eigenvalue weighted by Crippen LogP contribution is 2.19. The van der Waals surface area contributed by atoms with Crippen LogP contribution < -0.4 is 25.4 Å². The number of benzene rings is 2. The van der Waals surface area contributed by atoms with Crippen molar-refractivity contribution in [3.63, 3.8) is 0 Å². The molecule has 2 aromatic carbocycles. The molecule has 3 rings (SSSR count). The third kappa shape index (κ3) is 9.81. The fourth-order valence-electron chi connectivity index (χ4n) is 4.64. The number of methoxy groups -OCH3 is 1. The second-order valence-corrected chi connectivity index (χ2v) is 10.7. The Hall–Kier alpha value is -4.08. The predicted molar refractivity (Wildman–Crippen MR) is 156 cm³/mol. The van der Waals surface area contributed by atoms with Gasteiger partial charge in [0.25, 0.3) is 5.91 Å². The molecule has 1 aliphatic heterocycles. The number of rotatable bonds is 8. The molecule has 0 bridgehead atoms. The lowest BCUT2D eigenvalue weighted by molar-refractivity contribution is -0.136. The Kier molecular flexibility index (Phi) is 12.0. The quantitative estimate of drug-likeness (QED) is 0.422. The standard InChI is InChI=1S/C31H42N4O6/c1-21(2)19-26-31(39)35(3)17-18-41-27-13-6-5-12-24(27)29(37)34-25(14-15-28(36)33-26)30(38)32-16-8-10-22-9-7-11-23(20-22)40-4/h5-7,9,11-13,20-21,25-26H,8,10,14-19H2,1-4H3,(H,32,38)(H,33,36)(H,34,37)/t25-,26-/m0/s1. The number of nitrogens with one attached hydrogen (secondary N) is 3. The van der Waals surface area contributed by atoms with Gasteiger partial charge >= 0.3 is 0 Å². The van der Waals surface area contributed by atoms with Gasteiger partial charge in [-0.25, -0.2) is 0 Å². The maximum atomic E-state index is 13.3. The lowest BCUT2D eigenvalue weighted by atomic mass is 10.0. The average Bonchev–Trinajstić information content (AvgIpc) is 2.96. The van der Waals surface area contributed by atoms with E-state index < -0.39 is 18.0 Å². The third-order valence-corrected chi connectivity index (χ3v) is 6.89. The van der Waals surface area contributed by atoms with Crippen LogP contribution in [0.4, 0.5) is 0 Å². The van der Waals surface area contributed by atoms with Gasteiger partial charge in [0.15, 0.2) is 0 Å². The Morgan fingerprint density at radius 2 is 1.90 bits per heavy atom. The Morgan fingerprint density at radius 1 is 1.12 bits per heavy atom. The molecule has 0 unspecified atom stereocenters. The SMILES string of the molecule is COc1cccc(CCCNC(=O)[C@@H]2CCC(=O)N[C@@H](CC(C)C)C(=O)N(C)CCOc3ccccc3C(=O)N2)c1. The summed E-state index contributed by atoms with van der Waals surface area (Å²) in [5, 5.41) is 8.53. The number of hydrogen-bond acceptors (Lipinski definition) is 6. The summed E-state index contributed by atoms with van der Waals surface area (Å²) in [4.78, 5) is 54.0. The van der Waals surface area contributed by atoms with Crippen molar-refractivity contribution in [2.24, 2.45) is 5.92 Å². The summed E-state index contributed by atoms with van der Waals surface area (Å²) in [6.45, 7) is 4.80. The normalized spacial score (nSPS) is 18.8. The zero-order valence-corrected chi connectivity index (χ0v) is 24.4. The smallest absolute Gasteiger partial charge is 0.255 e. The van der Waals surface area contributed by atoms with E-state index in [0.29, 0.717) is 25.1 Å². The van der Waals surface area contributed by atoms with E-state index in [-0.39, 0.29) is 55.2 Å². The van der Waals surface area contributed by atoms with E-state index in [9.17, 15) is 19.2 Å². The Labute approximate surface area is 242 Å². The molecule has 0 aliphatic carbocycles. The van der Waals surface area contributed by atoms with E-state index in [1.54, 1.807) is 38.4 Å². The molecule has 0 saturated carbocycles. The fourth-order valence-corrected chi connectivity index (χ4v) is 4.64. The number of aryl methyl sites for hydroxylation is 1. The minimum absolute atomic E-state index is 0.0358. The summed E-state index contributed by atoms with van der Waals surface area (Å²) in [5.41, 5.74) is 1.36. The van der Waals surface area contributed by atoms with Crippen LogP contribution in [0.1, 0.15) is 55.5 Å². The Bertz CT molecular complexity index is 1200. The molecule has 0 aromatic heterocycles. The summed E-state index contributed by atoms with van der Waals surface area (Å²) in [6, 6.07) is 12.9. The topological polar surface area (TPSA) is 126 Å². The summed E-state index contributed by atoms with van der Waals surface area (Å²) in [7, 11) is 3.28. The zero-order chi connectivity index (χ0) is 29.8. The van der Waals surface area contributed by atoms with Crippen molar-refractivity contribution in [1.82, 2.24) is 20.9 Å². The molecule has 10 nitrogen and oxygen atoms in total. The van der Waals surface area contributed by atoms with Crippen molar-refractivity contribution in [3.8, 4) is 11.5 Å². The van der Waals surface area contributed by atoms with Gasteiger partial charge in [0.1, 0.15) is 30.2 Å². The second-order valence-electron chi connectivity index (χ2n) is 10.7. The first-order chi connectivity index (χ1) is 19.7.